The van der Waals surface area contributed by atoms with Crippen molar-refractivity contribution in [2.75, 3.05) is 26.2 Å². The van der Waals surface area contributed by atoms with Crippen LogP contribution >= 0.6 is 0 Å². The van der Waals surface area contributed by atoms with Crippen molar-refractivity contribution < 1.29 is 9.84 Å². The third-order valence-electron chi connectivity index (χ3n) is 5.07. The second-order valence-electron chi connectivity index (χ2n) is 7.06. The Morgan fingerprint density at radius 3 is 2.07 bits per heavy atom. The lowest BCUT2D eigenvalue weighted by Gasteiger charge is -2.18. The quantitative estimate of drug-likeness (QED) is 0.449. The van der Waals surface area contributed by atoms with Crippen molar-refractivity contribution in [3.8, 4) is 11.5 Å². The molecule has 0 heterocycles. The molecule has 0 saturated heterocycles. The molecular weight excluding hydrogens is 346 g/mol. The van der Waals surface area contributed by atoms with E-state index in [-0.39, 0.29) is 0 Å². The maximum absolute atomic E-state index is 9.61. The van der Waals surface area contributed by atoms with Crippen molar-refractivity contribution in [2.45, 2.75) is 46.5 Å². The summed E-state index contributed by atoms with van der Waals surface area (Å²) in [5, 5.41) is 9.61. The molecule has 0 unspecified atom stereocenters. The maximum atomic E-state index is 9.61. The van der Waals surface area contributed by atoms with Crippen LogP contribution in [0.25, 0.3) is 5.57 Å². The predicted molar refractivity (Wildman–Crippen MR) is 119 cm³/mol. The molecule has 0 radical (unpaired) electrons. The van der Waals surface area contributed by atoms with E-state index in [1.165, 1.54) is 30.4 Å². The van der Waals surface area contributed by atoms with Crippen LogP contribution in [0.3, 0.4) is 0 Å². The molecule has 0 aliphatic carbocycles. The largest absolute Gasteiger partial charge is 0.508 e. The molecule has 2 aromatic rings. The first-order valence-electron chi connectivity index (χ1n) is 10.6. The molecular formula is C25H35NO2. The van der Waals surface area contributed by atoms with E-state index in [4.69, 9.17) is 4.74 Å². The molecule has 0 amide bonds. The third-order valence-corrected chi connectivity index (χ3v) is 5.07. The first kappa shape index (κ1) is 22.0. The molecule has 0 aliphatic heterocycles. The second kappa shape index (κ2) is 12.2. The number of benzene rings is 2. The van der Waals surface area contributed by atoms with Gasteiger partial charge < -0.3 is 14.7 Å². The number of phenolic OH excluding ortho intramolecular Hbond substituents is 1. The number of aromatic hydroxyl groups is 1. The van der Waals surface area contributed by atoms with Crippen molar-refractivity contribution in [1.82, 2.24) is 4.90 Å². The average Bonchev–Trinajstić information content (AvgIpc) is 2.73. The molecule has 0 saturated carbocycles. The molecule has 0 fully saturated rings. The van der Waals surface area contributed by atoms with Crippen molar-refractivity contribution in [3.63, 3.8) is 0 Å². The van der Waals surface area contributed by atoms with E-state index in [0.29, 0.717) is 12.4 Å². The third kappa shape index (κ3) is 7.05. The Balaban J connectivity index is 2.09. The van der Waals surface area contributed by atoms with Crippen LogP contribution < -0.4 is 4.74 Å². The minimum absolute atomic E-state index is 0.297. The summed E-state index contributed by atoms with van der Waals surface area (Å²) in [6.45, 7) is 10.3. The van der Waals surface area contributed by atoms with Gasteiger partial charge in [-0.2, -0.15) is 0 Å². The van der Waals surface area contributed by atoms with E-state index in [0.717, 1.165) is 37.4 Å². The van der Waals surface area contributed by atoms with Gasteiger partial charge >= 0.3 is 0 Å². The first-order valence-corrected chi connectivity index (χ1v) is 10.6. The van der Waals surface area contributed by atoms with Gasteiger partial charge in [0.2, 0.25) is 0 Å². The number of unbranched alkanes of at least 4 members (excludes halogenated alkanes) is 3. The van der Waals surface area contributed by atoms with Crippen LogP contribution in [0.5, 0.6) is 11.5 Å². The van der Waals surface area contributed by atoms with Gasteiger partial charge in [-0.1, -0.05) is 64.0 Å². The van der Waals surface area contributed by atoms with Crippen molar-refractivity contribution in [2.24, 2.45) is 0 Å². The van der Waals surface area contributed by atoms with E-state index in [9.17, 15) is 5.11 Å². The number of hydrogen-bond acceptors (Lipinski definition) is 3. The summed E-state index contributed by atoms with van der Waals surface area (Å²) in [6.07, 6.45) is 7.05. The van der Waals surface area contributed by atoms with E-state index in [2.05, 4.69) is 56.0 Å². The van der Waals surface area contributed by atoms with Crippen LogP contribution in [-0.4, -0.2) is 36.2 Å². The number of hydrogen-bond donors (Lipinski definition) is 1. The van der Waals surface area contributed by atoms with Gasteiger partial charge in [-0.25, -0.2) is 0 Å². The Morgan fingerprint density at radius 1 is 0.893 bits per heavy atom. The first-order chi connectivity index (χ1) is 13.7. The van der Waals surface area contributed by atoms with Crippen LogP contribution in [0, 0.1) is 0 Å². The summed E-state index contributed by atoms with van der Waals surface area (Å²) in [4.78, 5) is 2.36. The molecule has 1 N–H and O–H groups in total. The molecule has 0 bridgehead atoms. The second-order valence-corrected chi connectivity index (χ2v) is 7.06. The smallest absolute Gasteiger partial charge is 0.119 e. The van der Waals surface area contributed by atoms with Crippen molar-refractivity contribution in [3.05, 3.63) is 65.7 Å². The highest BCUT2D eigenvalue weighted by molar-refractivity contribution is 5.80. The molecule has 28 heavy (non-hydrogen) atoms. The van der Waals surface area contributed by atoms with Gasteiger partial charge in [0.1, 0.15) is 18.1 Å². The van der Waals surface area contributed by atoms with Crippen molar-refractivity contribution >= 4 is 5.57 Å². The lowest BCUT2D eigenvalue weighted by atomic mass is 9.96. The standard InChI is InChI=1S/C25H35NO2/c1-4-7-8-9-10-25(21-11-15-23(27)16-12-21)22-13-17-24(18-14-22)28-20-19-26(5-2)6-3/h10-18,27H,4-9,19-20H2,1-3H3/b25-10-. The fourth-order valence-electron chi connectivity index (χ4n) is 3.25. The predicted octanol–water partition coefficient (Wildman–Crippen LogP) is 6.12. The number of phenols is 1. The number of rotatable bonds is 12. The Morgan fingerprint density at radius 2 is 1.50 bits per heavy atom. The summed E-state index contributed by atoms with van der Waals surface area (Å²) in [6, 6.07) is 15.8. The summed E-state index contributed by atoms with van der Waals surface area (Å²) in [5.74, 6) is 1.21. The van der Waals surface area contributed by atoms with Crippen LogP contribution in [0.4, 0.5) is 0 Å². The SMILES string of the molecule is CCCCC/C=C(/c1ccc(O)cc1)c1ccc(OCCN(CC)CC)cc1. The van der Waals surface area contributed by atoms with Crippen LogP contribution in [-0.2, 0) is 0 Å². The number of nitrogens with zero attached hydrogens (tertiary/aromatic N) is 1. The zero-order valence-corrected chi connectivity index (χ0v) is 17.7. The molecule has 3 heteroatoms. The number of allylic oxidation sites excluding steroid dienone is 1. The van der Waals surface area contributed by atoms with Gasteiger partial charge in [0.25, 0.3) is 0 Å². The summed E-state index contributed by atoms with van der Waals surface area (Å²) >= 11 is 0. The Hall–Kier alpha value is -2.26. The van der Waals surface area contributed by atoms with Crippen LogP contribution in [0.1, 0.15) is 57.6 Å². The molecule has 0 atom stereocenters. The van der Waals surface area contributed by atoms with E-state index in [1.807, 2.05) is 12.1 Å². The lowest BCUT2D eigenvalue weighted by Crippen LogP contribution is -2.27. The van der Waals surface area contributed by atoms with Gasteiger partial charge in [-0.15, -0.1) is 0 Å². The van der Waals surface area contributed by atoms with Gasteiger partial charge in [0.15, 0.2) is 0 Å². The van der Waals surface area contributed by atoms with Gasteiger partial charge in [-0.05, 0) is 66.9 Å². The number of ether oxygens (including phenoxy) is 1. The Kier molecular flexibility index (Phi) is 9.64. The summed E-state index contributed by atoms with van der Waals surface area (Å²) < 4.78 is 5.92. The molecule has 152 valence electrons. The zero-order valence-electron chi connectivity index (χ0n) is 17.7. The van der Waals surface area contributed by atoms with Crippen LogP contribution in [0.15, 0.2) is 54.6 Å². The highest BCUT2D eigenvalue weighted by Gasteiger charge is 2.06. The van der Waals surface area contributed by atoms with Crippen molar-refractivity contribution in [1.29, 1.82) is 0 Å². The zero-order chi connectivity index (χ0) is 20.2. The highest BCUT2D eigenvalue weighted by atomic mass is 16.5. The van der Waals surface area contributed by atoms with Gasteiger partial charge in [0.05, 0.1) is 0 Å². The topological polar surface area (TPSA) is 32.7 Å². The molecule has 0 aromatic heterocycles. The van der Waals surface area contributed by atoms with Gasteiger partial charge in [0, 0.05) is 6.54 Å². The molecule has 0 aliphatic rings. The summed E-state index contributed by atoms with van der Waals surface area (Å²) in [7, 11) is 0. The fraction of sp³-hybridized carbons (Fsp3) is 0.440. The monoisotopic (exact) mass is 381 g/mol. The maximum Gasteiger partial charge on any atom is 0.119 e. The van der Waals surface area contributed by atoms with E-state index < -0.39 is 0 Å². The Bertz CT molecular complexity index is 700. The molecule has 2 aromatic carbocycles. The number of likely N-dealkylation sites (N-methyl/N-ethyl adjacent to an activating group) is 1. The molecule has 0 spiro atoms. The minimum atomic E-state index is 0.297. The molecule has 3 nitrogen and oxygen atoms in total. The Labute approximate surface area is 170 Å². The highest BCUT2D eigenvalue weighted by Crippen LogP contribution is 2.27. The van der Waals surface area contributed by atoms with Crippen LogP contribution in [0.2, 0.25) is 0 Å². The minimum Gasteiger partial charge on any atom is -0.508 e. The van der Waals surface area contributed by atoms with Gasteiger partial charge in [-0.3, -0.25) is 0 Å². The van der Waals surface area contributed by atoms with E-state index >= 15 is 0 Å². The summed E-state index contributed by atoms with van der Waals surface area (Å²) in [5.41, 5.74) is 3.52. The normalized spacial score (nSPS) is 11.8. The van der Waals surface area contributed by atoms with E-state index in [1.54, 1.807) is 12.1 Å². The fourth-order valence-corrected chi connectivity index (χ4v) is 3.25. The average molecular weight is 382 g/mol. The lowest BCUT2D eigenvalue weighted by molar-refractivity contribution is 0.223. The molecule has 2 rings (SSSR count).